The van der Waals surface area contributed by atoms with E-state index < -0.39 is 0 Å². The van der Waals surface area contributed by atoms with Crippen molar-refractivity contribution in [3.05, 3.63) is 10.6 Å². The van der Waals surface area contributed by atoms with E-state index in [0.717, 1.165) is 30.8 Å². The minimum Gasteiger partial charge on any atom is -0.348 e. The van der Waals surface area contributed by atoms with Gasteiger partial charge in [0.2, 0.25) is 0 Å². The van der Waals surface area contributed by atoms with Crippen LogP contribution in [0.4, 0.5) is 5.13 Å². The molecule has 3 rings (SSSR count). The molecule has 4 heteroatoms. The van der Waals surface area contributed by atoms with Crippen LogP contribution in [-0.4, -0.2) is 24.6 Å². The van der Waals surface area contributed by atoms with Gasteiger partial charge < -0.3 is 10.2 Å². The molecule has 1 aromatic rings. The predicted molar refractivity (Wildman–Crippen MR) is 91.2 cm³/mol. The van der Waals surface area contributed by atoms with Gasteiger partial charge in [0.05, 0.1) is 5.69 Å². The second-order valence-electron chi connectivity index (χ2n) is 6.95. The standard InChI is InChI=1S/C17H29N3S/c1-4-8-18-10-15-16(14-5-6-14)19-17(21-15)20-9-7-12(2)13(3)11-20/h12-14,18H,4-11H2,1-3H3. The second kappa shape index (κ2) is 6.66. The van der Waals surface area contributed by atoms with Crippen LogP contribution in [0.15, 0.2) is 0 Å². The first-order chi connectivity index (χ1) is 10.2. The molecule has 0 radical (unpaired) electrons. The maximum Gasteiger partial charge on any atom is 0.185 e. The minimum atomic E-state index is 0.759. The lowest BCUT2D eigenvalue weighted by atomic mass is 9.89. The van der Waals surface area contributed by atoms with Crippen LogP contribution >= 0.6 is 11.3 Å². The molecule has 0 bridgehead atoms. The normalized spacial score (nSPS) is 26.3. The predicted octanol–water partition coefficient (Wildman–Crippen LogP) is 4.00. The molecule has 21 heavy (non-hydrogen) atoms. The Morgan fingerprint density at radius 1 is 1.24 bits per heavy atom. The second-order valence-corrected chi connectivity index (χ2v) is 8.01. The van der Waals surface area contributed by atoms with Gasteiger partial charge in [-0.15, -0.1) is 11.3 Å². The summed E-state index contributed by atoms with van der Waals surface area (Å²) in [6.07, 6.45) is 5.20. The smallest absolute Gasteiger partial charge is 0.185 e. The van der Waals surface area contributed by atoms with Crippen LogP contribution < -0.4 is 10.2 Å². The molecule has 2 fully saturated rings. The van der Waals surface area contributed by atoms with Gasteiger partial charge in [0.25, 0.3) is 0 Å². The average molecular weight is 308 g/mol. The van der Waals surface area contributed by atoms with Gasteiger partial charge in [0.15, 0.2) is 5.13 Å². The Kier molecular flexibility index (Phi) is 4.85. The van der Waals surface area contributed by atoms with Gasteiger partial charge in [-0.25, -0.2) is 4.98 Å². The van der Waals surface area contributed by atoms with Crippen molar-refractivity contribution < 1.29 is 0 Å². The summed E-state index contributed by atoms with van der Waals surface area (Å²) < 4.78 is 0. The van der Waals surface area contributed by atoms with Crippen molar-refractivity contribution in [1.82, 2.24) is 10.3 Å². The van der Waals surface area contributed by atoms with Crippen molar-refractivity contribution >= 4 is 16.5 Å². The quantitative estimate of drug-likeness (QED) is 0.805. The Hall–Kier alpha value is -0.610. The van der Waals surface area contributed by atoms with E-state index in [9.17, 15) is 0 Å². The van der Waals surface area contributed by atoms with Gasteiger partial charge in [-0.2, -0.15) is 0 Å². The zero-order valence-electron chi connectivity index (χ0n) is 13.7. The Labute approximate surface area is 133 Å². The fourth-order valence-electron chi connectivity index (χ4n) is 3.10. The van der Waals surface area contributed by atoms with Gasteiger partial charge in [0, 0.05) is 30.4 Å². The number of aromatic nitrogens is 1. The van der Waals surface area contributed by atoms with Crippen molar-refractivity contribution in [3.63, 3.8) is 0 Å². The summed E-state index contributed by atoms with van der Waals surface area (Å²) in [7, 11) is 0. The van der Waals surface area contributed by atoms with Crippen LogP contribution in [0.5, 0.6) is 0 Å². The molecule has 1 N–H and O–H groups in total. The zero-order chi connectivity index (χ0) is 14.8. The average Bonchev–Trinajstić information content (AvgIpc) is 3.23. The van der Waals surface area contributed by atoms with Gasteiger partial charge >= 0.3 is 0 Å². The van der Waals surface area contributed by atoms with Gasteiger partial charge in [-0.1, -0.05) is 20.8 Å². The Morgan fingerprint density at radius 3 is 2.71 bits per heavy atom. The molecule has 2 aliphatic rings. The highest BCUT2D eigenvalue weighted by Crippen LogP contribution is 2.44. The SMILES string of the molecule is CCCNCc1sc(N2CCC(C)C(C)C2)nc1C1CC1. The fourth-order valence-corrected chi connectivity index (χ4v) is 4.25. The first kappa shape index (κ1) is 15.3. The molecule has 118 valence electrons. The Morgan fingerprint density at radius 2 is 2.05 bits per heavy atom. The van der Waals surface area contributed by atoms with Crippen LogP contribution in [-0.2, 0) is 6.54 Å². The van der Waals surface area contributed by atoms with E-state index in [1.54, 1.807) is 0 Å². The molecule has 1 aliphatic heterocycles. The molecule has 2 atom stereocenters. The lowest BCUT2D eigenvalue weighted by Gasteiger charge is -2.35. The number of nitrogens with zero attached hydrogens (tertiary/aromatic N) is 2. The first-order valence-corrected chi connectivity index (χ1v) is 9.46. The van der Waals surface area contributed by atoms with Crippen LogP contribution in [0.3, 0.4) is 0 Å². The van der Waals surface area contributed by atoms with E-state index >= 15 is 0 Å². The van der Waals surface area contributed by atoms with Crippen molar-refractivity contribution in [1.29, 1.82) is 0 Å². The van der Waals surface area contributed by atoms with E-state index in [1.165, 1.54) is 54.5 Å². The van der Waals surface area contributed by atoms with Crippen LogP contribution in [0.25, 0.3) is 0 Å². The van der Waals surface area contributed by atoms with Crippen molar-refractivity contribution in [3.8, 4) is 0 Å². The highest BCUT2D eigenvalue weighted by molar-refractivity contribution is 7.15. The van der Waals surface area contributed by atoms with Crippen molar-refractivity contribution in [2.45, 2.75) is 58.9 Å². The molecule has 0 aromatic carbocycles. The summed E-state index contributed by atoms with van der Waals surface area (Å²) in [4.78, 5) is 9.06. The van der Waals surface area contributed by atoms with E-state index in [2.05, 4.69) is 31.0 Å². The molecule has 0 amide bonds. The summed E-state index contributed by atoms with van der Waals surface area (Å²) in [5, 5.41) is 4.84. The fraction of sp³-hybridized carbons (Fsp3) is 0.824. The van der Waals surface area contributed by atoms with E-state index in [4.69, 9.17) is 4.98 Å². The highest BCUT2D eigenvalue weighted by atomic mass is 32.1. The molecule has 2 unspecified atom stereocenters. The number of hydrogen-bond acceptors (Lipinski definition) is 4. The summed E-state index contributed by atoms with van der Waals surface area (Å²) in [5.74, 6) is 2.40. The number of hydrogen-bond donors (Lipinski definition) is 1. The molecular weight excluding hydrogens is 278 g/mol. The van der Waals surface area contributed by atoms with Gasteiger partial charge in [0.1, 0.15) is 0 Å². The zero-order valence-corrected chi connectivity index (χ0v) is 14.5. The highest BCUT2D eigenvalue weighted by Gasteiger charge is 2.31. The number of anilines is 1. The maximum atomic E-state index is 5.04. The number of rotatable bonds is 6. The topological polar surface area (TPSA) is 28.2 Å². The summed E-state index contributed by atoms with van der Waals surface area (Å²) in [6, 6.07) is 0. The van der Waals surface area contributed by atoms with Gasteiger partial charge in [-0.3, -0.25) is 0 Å². The monoisotopic (exact) mass is 307 g/mol. The van der Waals surface area contributed by atoms with Crippen LogP contribution in [0, 0.1) is 11.8 Å². The van der Waals surface area contributed by atoms with E-state index in [1.807, 2.05) is 11.3 Å². The van der Waals surface area contributed by atoms with E-state index in [0.29, 0.717) is 0 Å². The third-order valence-corrected chi connectivity index (χ3v) is 6.13. The summed E-state index contributed by atoms with van der Waals surface area (Å²) in [5.41, 5.74) is 1.41. The molecule has 0 spiro atoms. The Balaban J connectivity index is 1.71. The summed E-state index contributed by atoms with van der Waals surface area (Å²) >= 11 is 1.94. The number of thiazole rings is 1. The van der Waals surface area contributed by atoms with E-state index in [-0.39, 0.29) is 0 Å². The first-order valence-electron chi connectivity index (χ1n) is 8.64. The third kappa shape index (κ3) is 3.59. The molecule has 1 aliphatic carbocycles. The van der Waals surface area contributed by atoms with Crippen molar-refractivity contribution in [2.75, 3.05) is 24.5 Å². The molecular formula is C17H29N3S. The molecule has 1 saturated carbocycles. The van der Waals surface area contributed by atoms with Crippen molar-refractivity contribution in [2.24, 2.45) is 11.8 Å². The Bertz CT molecular complexity index is 467. The van der Waals surface area contributed by atoms with Crippen LogP contribution in [0.1, 0.15) is 62.9 Å². The van der Waals surface area contributed by atoms with Gasteiger partial charge in [-0.05, 0) is 44.1 Å². The number of nitrogens with one attached hydrogen (secondary N) is 1. The molecule has 3 nitrogen and oxygen atoms in total. The molecule has 1 saturated heterocycles. The molecule has 1 aromatic heterocycles. The third-order valence-electron chi connectivity index (χ3n) is 5.00. The lowest BCUT2D eigenvalue weighted by molar-refractivity contribution is 0.323. The molecule has 2 heterocycles. The van der Waals surface area contributed by atoms with Crippen LogP contribution in [0.2, 0.25) is 0 Å². The maximum absolute atomic E-state index is 5.04. The minimum absolute atomic E-state index is 0.759. The summed E-state index contributed by atoms with van der Waals surface area (Å²) in [6.45, 7) is 11.5. The largest absolute Gasteiger partial charge is 0.348 e. The lowest BCUT2D eigenvalue weighted by Crippen LogP contribution is -2.38. The number of piperidine rings is 1.